The van der Waals surface area contributed by atoms with Crippen molar-refractivity contribution in [2.24, 2.45) is 5.73 Å². The maximum absolute atomic E-state index is 11.4. The summed E-state index contributed by atoms with van der Waals surface area (Å²) in [6.45, 7) is -0.344. The van der Waals surface area contributed by atoms with E-state index in [-0.39, 0.29) is 13.0 Å². The van der Waals surface area contributed by atoms with Crippen LogP contribution < -0.4 is 16.4 Å². The lowest BCUT2D eigenvalue weighted by atomic mass is 10.1. The molecule has 0 aliphatic rings. The number of nitrogens with one attached hydrogen (secondary N) is 2. The highest BCUT2D eigenvalue weighted by Gasteiger charge is 2.20. The van der Waals surface area contributed by atoms with Crippen LogP contribution in [0.5, 0.6) is 0 Å². The number of carboxylic acids is 1. The summed E-state index contributed by atoms with van der Waals surface area (Å²) in [7, 11) is 0. The summed E-state index contributed by atoms with van der Waals surface area (Å²) >= 11 is 0. The highest BCUT2D eigenvalue weighted by Crippen LogP contribution is 2.03. The summed E-state index contributed by atoms with van der Waals surface area (Å²) in [6.07, 6.45) is 0.153. The molecule has 0 saturated carbocycles. The first-order chi connectivity index (χ1) is 8.99. The zero-order valence-electron chi connectivity index (χ0n) is 10.1. The molecule has 102 valence electrons. The van der Waals surface area contributed by atoms with Crippen LogP contribution in [0.3, 0.4) is 0 Å². The Hall–Kier alpha value is -2.57. The van der Waals surface area contributed by atoms with Gasteiger partial charge in [-0.15, -0.1) is 0 Å². The second-order valence-corrected chi connectivity index (χ2v) is 3.87. The molecule has 0 heterocycles. The third-order valence-corrected chi connectivity index (χ3v) is 2.31. The Labute approximate surface area is 109 Å². The largest absolute Gasteiger partial charge is 0.480 e. The molecule has 19 heavy (non-hydrogen) atoms. The summed E-state index contributed by atoms with van der Waals surface area (Å²) < 4.78 is 0. The minimum Gasteiger partial charge on any atom is -0.480 e. The quantitative estimate of drug-likeness (QED) is 0.552. The second kappa shape index (κ2) is 7.00. The number of urea groups is 1. The van der Waals surface area contributed by atoms with Crippen molar-refractivity contribution in [1.29, 1.82) is 0 Å². The molecular weight excluding hydrogens is 250 g/mol. The van der Waals surface area contributed by atoms with Gasteiger partial charge >= 0.3 is 12.0 Å². The van der Waals surface area contributed by atoms with Gasteiger partial charge < -0.3 is 21.5 Å². The Bertz CT molecular complexity index is 461. The maximum atomic E-state index is 11.4. The Morgan fingerprint density at radius 2 is 1.84 bits per heavy atom. The molecule has 7 nitrogen and oxygen atoms in total. The van der Waals surface area contributed by atoms with Gasteiger partial charge in [-0.1, -0.05) is 30.3 Å². The average molecular weight is 265 g/mol. The molecule has 1 aromatic rings. The molecule has 7 heteroatoms. The zero-order valence-corrected chi connectivity index (χ0v) is 10.1. The van der Waals surface area contributed by atoms with E-state index in [1.54, 1.807) is 24.3 Å². The van der Waals surface area contributed by atoms with Crippen molar-refractivity contribution >= 4 is 17.9 Å². The smallest absolute Gasteiger partial charge is 0.326 e. The SMILES string of the molecule is NC(=O)CNC(=O)N[C@@H](Cc1ccccc1)C(=O)O. The topological polar surface area (TPSA) is 122 Å². The van der Waals surface area contributed by atoms with Crippen LogP contribution in [0.1, 0.15) is 5.56 Å². The van der Waals surface area contributed by atoms with Gasteiger partial charge in [-0.3, -0.25) is 4.79 Å². The molecule has 5 N–H and O–H groups in total. The van der Waals surface area contributed by atoms with Crippen molar-refractivity contribution in [3.05, 3.63) is 35.9 Å². The number of rotatable bonds is 6. The lowest BCUT2D eigenvalue weighted by Crippen LogP contribution is -2.48. The van der Waals surface area contributed by atoms with E-state index in [4.69, 9.17) is 10.8 Å². The van der Waals surface area contributed by atoms with Gasteiger partial charge in [0, 0.05) is 6.42 Å². The summed E-state index contributed by atoms with van der Waals surface area (Å²) in [4.78, 5) is 32.9. The molecule has 0 spiro atoms. The van der Waals surface area contributed by atoms with Gasteiger partial charge in [-0.25, -0.2) is 9.59 Å². The third kappa shape index (κ3) is 5.53. The van der Waals surface area contributed by atoms with Gasteiger partial charge in [-0.05, 0) is 5.56 Å². The molecule has 0 bridgehead atoms. The molecule has 3 amide bonds. The molecular formula is C12H15N3O4. The predicted octanol–water partition coefficient (Wildman–Crippen LogP) is -0.533. The maximum Gasteiger partial charge on any atom is 0.326 e. The number of carbonyl (C=O) groups excluding carboxylic acids is 2. The first-order valence-corrected chi connectivity index (χ1v) is 5.58. The third-order valence-electron chi connectivity index (χ3n) is 2.31. The lowest BCUT2D eigenvalue weighted by Gasteiger charge is -2.14. The van der Waals surface area contributed by atoms with Crippen LogP contribution in [0.4, 0.5) is 4.79 Å². The fourth-order valence-corrected chi connectivity index (χ4v) is 1.43. The number of carbonyl (C=O) groups is 3. The summed E-state index contributed by atoms with van der Waals surface area (Å²) in [5.41, 5.74) is 5.64. The zero-order chi connectivity index (χ0) is 14.3. The molecule has 0 aliphatic heterocycles. The molecule has 1 aromatic carbocycles. The van der Waals surface area contributed by atoms with Gasteiger partial charge in [0.05, 0.1) is 6.54 Å². The first kappa shape index (κ1) is 14.5. The van der Waals surface area contributed by atoms with Crippen LogP contribution in [0.25, 0.3) is 0 Å². The van der Waals surface area contributed by atoms with E-state index in [1.807, 2.05) is 6.07 Å². The van der Waals surface area contributed by atoms with Crippen molar-refractivity contribution in [3.63, 3.8) is 0 Å². The fourth-order valence-electron chi connectivity index (χ4n) is 1.43. The van der Waals surface area contributed by atoms with Crippen LogP contribution in [0.2, 0.25) is 0 Å². The van der Waals surface area contributed by atoms with E-state index < -0.39 is 23.9 Å². The predicted molar refractivity (Wildman–Crippen MR) is 67.3 cm³/mol. The number of benzene rings is 1. The Balaban J connectivity index is 2.56. The summed E-state index contributed by atoms with van der Waals surface area (Å²) in [5.74, 6) is -1.86. The van der Waals surface area contributed by atoms with Gasteiger partial charge in [-0.2, -0.15) is 0 Å². The molecule has 0 radical (unpaired) electrons. The normalized spacial score (nSPS) is 11.4. The van der Waals surface area contributed by atoms with Gasteiger partial charge in [0.1, 0.15) is 6.04 Å². The molecule has 1 atom stereocenters. The highest BCUT2D eigenvalue weighted by molar-refractivity contribution is 5.86. The minimum atomic E-state index is -1.15. The Morgan fingerprint density at radius 3 is 2.37 bits per heavy atom. The number of nitrogens with two attached hydrogens (primary N) is 1. The van der Waals surface area contributed by atoms with E-state index in [0.717, 1.165) is 5.56 Å². The van der Waals surface area contributed by atoms with Crippen LogP contribution >= 0.6 is 0 Å². The van der Waals surface area contributed by atoms with Crippen molar-refractivity contribution < 1.29 is 19.5 Å². The number of hydrogen-bond donors (Lipinski definition) is 4. The van der Waals surface area contributed by atoms with Crippen molar-refractivity contribution in [1.82, 2.24) is 10.6 Å². The standard InChI is InChI=1S/C12H15N3O4/c13-10(16)7-14-12(19)15-9(11(17)18)6-8-4-2-1-3-5-8/h1-5,9H,6-7H2,(H2,13,16)(H,17,18)(H2,14,15,19)/t9-/m0/s1. The summed E-state index contributed by atoms with van der Waals surface area (Å²) in [6, 6.07) is 7.07. The van der Waals surface area contributed by atoms with Crippen LogP contribution in [0.15, 0.2) is 30.3 Å². The number of primary amides is 1. The molecule has 0 unspecified atom stereocenters. The Kier molecular flexibility index (Phi) is 5.34. The van der Waals surface area contributed by atoms with E-state index in [1.165, 1.54) is 0 Å². The van der Waals surface area contributed by atoms with Crippen molar-refractivity contribution in [3.8, 4) is 0 Å². The molecule has 0 aliphatic carbocycles. The van der Waals surface area contributed by atoms with Gasteiger partial charge in [0.2, 0.25) is 5.91 Å². The number of hydrogen-bond acceptors (Lipinski definition) is 3. The number of amides is 3. The van der Waals surface area contributed by atoms with E-state index >= 15 is 0 Å². The fraction of sp³-hybridized carbons (Fsp3) is 0.250. The summed E-state index contributed by atoms with van der Waals surface area (Å²) in [5, 5.41) is 13.5. The van der Waals surface area contributed by atoms with Crippen LogP contribution in [-0.4, -0.2) is 35.6 Å². The molecule has 0 fully saturated rings. The monoisotopic (exact) mass is 265 g/mol. The van der Waals surface area contributed by atoms with Gasteiger partial charge in [0.25, 0.3) is 0 Å². The van der Waals surface area contributed by atoms with E-state index in [0.29, 0.717) is 0 Å². The van der Waals surface area contributed by atoms with Crippen molar-refractivity contribution in [2.45, 2.75) is 12.5 Å². The number of aliphatic carboxylic acids is 1. The Morgan fingerprint density at radius 1 is 1.21 bits per heavy atom. The van der Waals surface area contributed by atoms with Gasteiger partial charge in [0.15, 0.2) is 0 Å². The van der Waals surface area contributed by atoms with Crippen LogP contribution in [-0.2, 0) is 16.0 Å². The minimum absolute atomic E-state index is 0.153. The van der Waals surface area contributed by atoms with E-state index in [9.17, 15) is 14.4 Å². The molecule has 0 aromatic heterocycles. The number of carboxylic acid groups (broad SMARTS) is 1. The van der Waals surface area contributed by atoms with Crippen molar-refractivity contribution in [2.75, 3.05) is 6.54 Å². The highest BCUT2D eigenvalue weighted by atomic mass is 16.4. The first-order valence-electron chi connectivity index (χ1n) is 5.58. The second-order valence-electron chi connectivity index (χ2n) is 3.87. The molecule has 1 rings (SSSR count). The van der Waals surface area contributed by atoms with Crippen LogP contribution in [0, 0.1) is 0 Å². The van der Waals surface area contributed by atoms with E-state index in [2.05, 4.69) is 10.6 Å². The average Bonchev–Trinajstić information content (AvgIpc) is 2.36. The lowest BCUT2D eigenvalue weighted by molar-refractivity contribution is -0.139. The molecule has 0 saturated heterocycles.